The topological polar surface area (TPSA) is 0 Å². The Bertz CT molecular complexity index is 313. The zero-order valence-electron chi connectivity index (χ0n) is 11.3. The highest BCUT2D eigenvalue weighted by atomic mass is 14.4. The van der Waals surface area contributed by atoms with Crippen molar-refractivity contribution in [2.45, 2.75) is 53.4 Å². The van der Waals surface area contributed by atoms with E-state index in [-0.39, 0.29) is 0 Å². The molecule has 0 heterocycles. The van der Waals surface area contributed by atoms with Gasteiger partial charge in [-0.1, -0.05) is 44.6 Å². The van der Waals surface area contributed by atoms with Gasteiger partial charge in [-0.3, -0.25) is 0 Å². The minimum absolute atomic E-state index is 0.442. The van der Waals surface area contributed by atoms with E-state index in [0.29, 0.717) is 5.41 Å². The first-order valence-corrected chi connectivity index (χ1v) is 6.74. The van der Waals surface area contributed by atoms with Crippen molar-refractivity contribution in [3.05, 3.63) is 23.8 Å². The Morgan fingerprint density at radius 1 is 1.19 bits per heavy atom. The molecule has 2 aliphatic rings. The molecule has 1 saturated carbocycles. The van der Waals surface area contributed by atoms with Gasteiger partial charge >= 0.3 is 0 Å². The van der Waals surface area contributed by atoms with Crippen LogP contribution in [0.1, 0.15) is 53.4 Å². The normalized spacial score (nSPS) is 35.6. The van der Waals surface area contributed by atoms with Crippen LogP contribution in [0.2, 0.25) is 0 Å². The molecule has 0 saturated heterocycles. The summed E-state index contributed by atoms with van der Waals surface area (Å²) in [5, 5.41) is 0. The smallest absolute Gasteiger partial charge is 0.0132 e. The molecule has 0 amide bonds. The number of allylic oxidation sites excluding steroid dienone is 3. The summed E-state index contributed by atoms with van der Waals surface area (Å²) in [6.45, 7) is 13.8. The van der Waals surface area contributed by atoms with Crippen LogP contribution in [0, 0.1) is 23.2 Å². The van der Waals surface area contributed by atoms with Gasteiger partial charge in [0.15, 0.2) is 0 Å². The highest BCUT2D eigenvalue weighted by Gasteiger charge is 2.40. The molecule has 0 heteroatoms. The summed E-state index contributed by atoms with van der Waals surface area (Å²) in [5.41, 5.74) is 3.57. The van der Waals surface area contributed by atoms with Crippen LogP contribution in [0.5, 0.6) is 0 Å². The maximum absolute atomic E-state index is 4.31. The summed E-state index contributed by atoms with van der Waals surface area (Å²) in [6.07, 6.45) is 7.80. The first kappa shape index (κ1) is 12.0. The third kappa shape index (κ3) is 2.12. The monoisotopic (exact) mass is 218 g/mol. The second-order valence-corrected chi connectivity index (χ2v) is 6.90. The number of hydrogen-bond acceptors (Lipinski definition) is 0. The molecular weight excluding hydrogens is 192 g/mol. The van der Waals surface area contributed by atoms with Gasteiger partial charge in [0.2, 0.25) is 0 Å². The van der Waals surface area contributed by atoms with Gasteiger partial charge in [-0.25, -0.2) is 0 Å². The van der Waals surface area contributed by atoms with Crippen molar-refractivity contribution >= 4 is 0 Å². The molecule has 2 aliphatic carbocycles. The van der Waals surface area contributed by atoms with Gasteiger partial charge in [-0.2, -0.15) is 0 Å². The summed E-state index contributed by atoms with van der Waals surface area (Å²) < 4.78 is 0. The van der Waals surface area contributed by atoms with Crippen molar-refractivity contribution in [2.24, 2.45) is 23.2 Å². The highest BCUT2D eigenvalue weighted by molar-refractivity contribution is 5.20. The Morgan fingerprint density at radius 3 is 2.50 bits per heavy atom. The molecule has 0 spiro atoms. The summed E-state index contributed by atoms with van der Waals surface area (Å²) >= 11 is 0. The van der Waals surface area contributed by atoms with Crippen LogP contribution in [0.3, 0.4) is 0 Å². The Labute approximate surface area is 101 Å². The molecule has 0 aromatic carbocycles. The lowest BCUT2D eigenvalue weighted by molar-refractivity contribution is 0.111. The molecular formula is C16H26. The molecule has 2 rings (SSSR count). The van der Waals surface area contributed by atoms with Crippen LogP contribution in [0.4, 0.5) is 0 Å². The fourth-order valence-corrected chi connectivity index (χ4v) is 3.71. The molecule has 0 radical (unpaired) electrons. The molecule has 3 unspecified atom stereocenters. The van der Waals surface area contributed by atoms with Crippen molar-refractivity contribution < 1.29 is 0 Å². The lowest BCUT2D eigenvalue weighted by Crippen LogP contribution is -2.37. The van der Waals surface area contributed by atoms with E-state index in [1.807, 2.05) is 0 Å². The Balaban J connectivity index is 2.29. The predicted molar refractivity (Wildman–Crippen MR) is 71.3 cm³/mol. The largest absolute Gasteiger partial charge is 0.0996 e. The highest BCUT2D eigenvalue weighted by Crippen LogP contribution is 2.50. The van der Waals surface area contributed by atoms with E-state index in [9.17, 15) is 0 Å². The number of rotatable bonds is 0. The van der Waals surface area contributed by atoms with Crippen molar-refractivity contribution in [1.29, 1.82) is 0 Å². The van der Waals surface area contributed by atoms with Gasteiger partial charge in [0.05, 0.1) is 0 Å². The summed E-state index contributed by atoms with van der Waals surface area (Å²) in [7, 11) is 0. The molecule has 0 aromatic rings. The van der Waals surface area contributed by atoms with Gasteiger partial charge < -0.3 is 0 Å². The van der Waals surface area contributed by atoms with E-state index in [2.05, 4.69) is 40.3 Å². The van der Waals surface area contributed by atoms with Crippen molar-refractivity contribution in [1.82, 2.24) is 0 Å². The lowest BCUT2D eigenvalue weighted by Gasteiger charge is -2.46. The molecule has 0 N–H and O–H groups in total. The molecule has 0 nitrogen and oxygen atoms in total. The second-order valence-electron chi connectivity index (χ2n) is 6.90. The number of fused-ring (bicyclic) bond motifs is 1. The van der Waals surface area contributed by atoms with E-state index in [1.54, 1.807) is 5.57 Å². The molecule has 3 atom stereocenters. The summed E-state index contributed by atoms with van der Waals surface area (Å²) in [4.78, 5) is 0. The number of hydrogen-bond donors (Lipinski definition) is 0. The fourth-order valence-electron chi connectivity index (χ4n) is 3.71. The molecule has 90 valence electrons. The average Bonchev–Trinajstić information content (AvgIpc) is 2.15. The van der Waals surface area contributed by atoms with Gasteiger partial charge in [0.1, 0.15) is 0 Å². The lowest BCUT2D eigenvalue weighted by atomic mass is 9.58. The zero-order chi connectivity index (χ0) is 11.9. The van der Waals surface area contributed by atoms with Crippen LogP contribution in [0.25, 0.3) is 0 Å². The summed E-state index contributed by atoms with van der Waals surface area (Å²) in [5.74, 6) is 2.40. The minimum Gasteiger partial charge on any atom is -0.0996 e. The molecule has 0 aromatic heterocycles. The van der Waals surface area contributed by atoms with Gasteiger partial charge in [0, 0.05) is 0 Å². The molecule has 0 aliphatic heterocycles. The van der Waals surface area contributed by atoms with Crippen molar-refractivity contribution in [2.75, 3.05) is 0 Å². The average molecular weight is 218 g/mol. The van der Waals surface area contributed by atoms with E-state index < -0.39 is 0 Å². The Kier molecular flexibility index (Phi) is 3.03. The van der Waals surface area contributed by atoms with E-state index in [0.717, 1.165) is 17.8 Å². The standard InChI is InChI=1S/C16H26/c1-11-6-8-13-12(2)7-9-15(14(13)10-11)16(3,4)5/h10,13-15H,2,6-9H2,1,3-5H3. The Morgan fingerprint density at radius 2 is 1.88 bits per heavy atom. The predicted octanol–water partition coefficient (Wildman–Crippen LogP) is 4.97. The van der Waals surface area contributed by atoms with E-state index in [1.165, 1.54) is 31.3 Å². The maximum Gasteiger partial charge on any atom is -0.0132 e. The fraction of sp³-hybridized carbons (Fsp3) is 0.750. The van der Waals surface area contributed by atoms with E-state index >= 15 is 0 Å². The maximum atomic E-state index is 4.31. The molecule has 1 fully saturated rings. The third-order valence-electron chi connectivity index (χ3n) is 4.67. The molecule has 16 heavy (non-hydrogen) atoms. The van der Waals surface area contributed by atoms with Crippen molar-refractivity contribution in [3.8, 4) is 0 Å². The van der Waals surface area contributed by atoms with Gasteiger partial charge in [-0.15, -0.1) is 0 Å². The Hall–Kier alpha value is -0.520. The third-order valence-corrected chi connectivity index (χ3v) is 4.67. The van der Waals surface area contributed by atoms with Crippen LogP contribution in [-0.4, -0.2) is 0 Å². The van der Waals surface area contributed by atoms with E-state index in [4.69, 9.17) is 0 Å². The van der Waals surface area contributed by atoms with Crippen LogP contribution < -0.4 is 0 Å². The summed E-state index contributed by atoms with van der Waals surface area (Å²) in [6, 6.07) is 0. The quantitative estimate of drug-likeness (QED) is 0.503. The molecule has 0 bridgehead atoms. The SMILES string of the molecule is C=C1CCC(C(C)(C)C)C2C=C(C)CCC12. The van der Waals surface area contributed by atoms with Gasteiger partial charge in [0.25, 0.3) is 0 Å². The van der Waals surface area contributed by atoms with Crippen LogP contribution in [0.15, 0.2) is 23.8 Å². The van der Waals surface area contributed by atoms with Crippen LogP contribution >= 0.6 is 0 Å². The van der Waals surface area contributed by atoms with Crippen molar-refractivity contribution in [3.63, 3.8) is 0 Å². The first-order valence-electron chi connectivity index (χ1n) is 6.74. The van der Waals surface area contributed by atoms with Gasteiger partial charge in [-0.05, 0) is 55.8 Å². The first-order chi connectivity index (χ1) is 7.39. The minimum atomic E-state index is 0.442. The second kappa shape index (κ2) is 4.05. The zero-order valence-corrected chi connectivity index (χ0v) is 11.3. The van der Waals surface area contributed by atoms with Crippen LogP contribution in [-0.2, 0) is 0 Å².